The Hall–Kier alpha value is -1.000. The smallest absolute Gasteiger partial charge is 0.243 e. The number of hydrogen-bond acceptors (Lipinski definition) is 3. The minimum absolute atomic E-state index is 0.126. The van der Waals surface area contributed by atoms with Gasteiger partial charge >= 0.3 is 0 Å². The maximum Gasteiger partial charge on any atom is 0.243 e. The first-order valence-corrected chi connectivity index (χ1v) is 4.45. The van der Waals surface area contributed by atoms with Crippen LogP contribution in [0, 0.1) is 0 Å². The molecule has 0 saturated heterocycles. The summed E-state index contributed by atoms with van der Waals surface area (Å²) in [6, 6.07) is 9.91. The Morgan fingerprint density at radius 1 is 1.31 bits per heavy atom. The molecule has 0 spiro atoms. The topological polar surface area (TPSA) is 41.1 Å². The molecule has 0 aliphatic heterocycles. The van der Waals surface area contributed by atoms with E-state index in [0.29, 0.717) is 13.1 Å². The minimum Gasteiger partial charge on any atom is -0.304 e. The van der Waals surface area contributed by atoms with E-state index in [-0.39, 0.29) is 5.91 Å². The summed E-state index contributed by atoms with van der Waals surface area (Å²) >= 11 is 3.64. The van der Waals surface area contributed by atoms with Crippen molar-refractivity contribution in [1.29, 1.82) is 0 Å². The molecule has 0 saturated carbocycles. The van der Waals surface area contributed by atoms with E-state index in [9.17, 15) is 4.79 Å². The summed E-state index contributed by atoms with van der Waals surface area (Å²) in [5.41, 5.74) is 1.16. The number of nitrogens with one attached hydrogen (secondary N) is 2. The van der Waals surface area contributed by atoms with Crippen molar-refractivity contribution in [3.63, 3.8) is 0 Å². The molecule has 1 rings (SSSR count). The van der Waals surface area contributed by atoms with Crippen LogP contribution in [-0.2, 0) is 11.3 Å². The number of thiol groups is 1. The van der Waals surface area contributed by atoms with Crippen molar-refractivity contribution in [3.05, 3.63) is 35.9 Å². The predicted molar refractivity (Wildman–Crippen MR) is 55.3 cm³/mol. The second-order valence-corrected chi connectivity index (χ2v) is 2.85. The molecule has 13 heavy (non-hydrogen) atoms. The first kappa shape index (κ1) is 10.1. The Morgan fingerprint density at radius 3 is 2.62 bits per heavy atom. The molecule has 0 aromatic heterocycles. The highest BCUT2D eigenvalue weighted by molar-refractivity contribution is 7.78. The molecule has 0 unspecified atom stereocenters. The first-order valence-electron chi connectivity index (χ1n) is 4.00. The second-order valence-electron chi connectivity index (χ2n) is 2.62. The number of carbonyl (C=O) groups excluding carboxylic acids is 1. The van der Waals surface area contributed by atoms with Crippen molar-refractivity contribution in [3.8, 4) is 0 Å². The normalized spacial score (nSPS) is 9.62. The van der Waals surface area contributed by atoms with Crippen LogP contribution in [0.3, 0.4) is 0 Å². The monoisotopic (exact) mass is 196 g/mol. The molecule has 0 bridgehead atoms. The van der Waals surface area contributed by atoms with Gasteiger partial charge in [-0.3, -0.25) is 4.79 Å². The van der Waals surface area contributed by atoms with E-state index in [0.717, 1.165) is 5.56 Å². The number of carbonyl (C=O) groups is 1. The third-order valence-corrected chi connectivity index (χ3v) is 1.83. The predicted octanol–water partition coefficient (Wildman–Crippen LogP) is 0.737. The second kappa shape index (κ2) is 5.61. The van der Waals surface area contributed by atoms with Gasteiger partial charge in [0.2, 0.25) is 5.91 Å². The van der Waals surface area contributed by atoms with Gasteiger partial charge in [-0.2, -0.15) is 0 Å². The lowest BCUT2D eigenvalue weighted by Crippen LogP contribution is -2.28. The van der Waals surface area contributed by atoms with E-state index in [2.05, 4.69) is 22.9 Å². The Balaban J connectivity index is 2.24. The fourth-order valence-corrected chi connectivity index (χ4v) is 1.03. The Bertz CT molecular complexity index is 264. The summed E-state index contributed by atoms with van der Waals surface area (Å²) in [6.07, 6.45) is 0. The van der Waals surface area contributed by atoms with Crippen LogP contribution in [-0.4, -0.2) is 12.5 Å². The van der Waals surface area contributed by atoms with Crippen molar-refractivity contribution >= 4 is 18.7 Å². The Morgan fingerprint density at radius 2 is 2.00 bits per heavy atom. The first-order chi connectivity index (χ1) is 6.33. The van der Waals surface area contributed by atoms with E-state index in [1.165, 1.54) is 0 Å². The van der Waals surface area contributed by atoms with Crippen LogP contribution in [0.1, 0.15) is 5.56 Å². The van der Waals surface area contributed by atoms with Crippen LogP contribution in [0.25, 0.3) is 0 Å². The van der Waals surface area contributed by atoms with Crippen molar-refractivity contribution in [2.75, 3.05) is 6.54 Å². The summed E-state index contributed by atoms with van der Waals surface area (Å²) in [6.45, 7) is 0.987. The van der Waals surface area contributed by atoms with Crippen molar-refractivity contribution in [2.24, 2.45) is 0 Å². The van der Waals surface area contributed by atoms with E-state index in [4.69, 9.17) is 0 Å². The van der Waals surface area contributed by atoms with Crippen LogP contribution >= 0.6 is 12.8 Å². The molecule has 1 amide bonds. The molecule has 0 fully saturated rings. The highest BCUT2D eigenvalue weighted by Gasteiger charge is 1.96. The standard InChI is InChI=1S/C9H12N2OS/c12-9(11-13)7-10-6-8-4-2-1-3-5-8/h1-5,10,13H,6-7H2,(H,11,12). The fraction of sp³-hybridized carbons (Fsp3) is 0.222. The molecular formula is C9H12N2OS. The summed E-state index contributed by atoms with van der Waals surface area (Å²) < 4.78 is 2.24. The maximum atomic E-state index is 10.8. The molecule has 0 atom stereocenters. The number of amides is 1. The molecule has 1 aromatic carbocycles. The van der Waals surface area contributed by atoms with E-state index in [1.54, 1.807) is 0 Å². The van der Waals surface area contributed by atoms with Gasteiger partial charge in [0.25, 0.3) is 0 Å². The lowest BCUT2D eigenvalue weighted by molar-refractivity contribution is -0.118. The molecule has 0 aliphatic carbocycles. The average molecular weight is 196 g/mol. The summed E-state index contributed by atoms with van der Waals surface area (Å²) in [4.78, 5) is 10.8. The van der Waals surface area contributed by atoms with E-state index >= 15 is 0 Å². The maximum absolute atomic E-state index is 10.8. The highest BCUT2D eigenvalue weighted by Crippen LogP contribution is 1.96. The fourth-order valence-electron chi connectivity index (χ4n) is 0.956. The lowest BCUT2D eigenvalue weighted by Gasteiger charge is -2.02. The van der Waals surface area contributed by atoms with Gasteiger partial charge in [0, 0.05) is 6.54 Å². The van der Waals surface area contributed by atoms with Gasteiger partial charge in [-0.25, -0.2) is 0 Å². The van der Waals surface area contributed by atoms with Crippen molar-refractivity contribution < 1.29 is 4.79 Å². The summed E-state index contributed by atoms with van der Waals surface area (Å²) in [5, 5.41) is 2.99. The summed E-state index contributed by atoms with van der Waals surface area (Å²) in [7, 11) is 0. The molecule has 4 heteroatoms. The number of rotatable bonds is 4. The SMILES string of the molecule is O=C(CNCc1ccccc1)NS. The third-order valence-electron chi connectivity index (χ3n) is 1.58. The van der Waals surface area contributed by atoms with Crippen LogP contribution in [0.2, 0.25) is 0 Å². The Kier molecular flexibility index (Phi) is 4.35. The zero-order valence-electron chi connectivity index (χ0n) is 7.16. The molecule has 2 N–H and O–H groups in total. The van der Waals surface area contributed by atoms with Crippen molar-refractivity contribution in [1.82, 2.24) is 10.0 Å². The molecule has 1 aromatic rings. The molecule has 0 heterocycles. The molecule has 3 nitrogen and oxygen atoms in total. The van der Waals surface area contributed by atoms with Gasteiger partial charge in [0.1, 0.15) is 0 Å². The molecule has 0 radical (unpaired) electrons. The van der Waals surface area contributed by atoms with Gasteiger partial charge in [0.05, 0.1) is 6.54 Å². The zero-order chi connectivity index (χ0) is 9.52. The van der Waals surface area contributed by atoms with Gasteiger partial charge in [0.15, 0.2) is 0 Å². The van der Waals surface area contributed by atoms with Crippen LogP contribution in [0.5, 0.6) is 0 Å². The number of hydrogen-bond donors (Lipinski definition) is 3. The average Bonchev–Trinajstić information content (AvgIpc) is 2.19. The summed E-state index contributed by atoms with van der Waals surface area (Å²) in [5.74, 6) is -0.126. The van der Waals surface area contributed by atoms with Crippen LogP contribution < -0.4 is 10.0 Å². The van der Waals surface area contributed by atoms with Gasteiger partial charge in [-0.15, -0.1) is 0 Å². The zero-order valence-corrected chi connectivity index (χ0v) is 8.05. The van der Waals surface area contributed by atoms with E-state index in [1.807, 2.05) is 30.3 Å². The molecule has 70 valence electrons. The van der Waals surface area contributed by atoms with Crippen LogP contribution in [0.4, 0.5) is 0 Å². The molecule has 0 aliphatic rings. The van der Waals surface area contributed by atoms with Crippen LogP contribution in [0.15, 0.2) is 30.3 Å². The van der Waals surface area contributed by atoms with Crippen molar-refractivity contribution in [2.45, 2.75) is 6.54 Å². The quantitative estimate of drug-likeness (QED) is 0.622. The highest BCUT2D eigenvalue weighted by atomic mass is 32.1. The Labute approximate surface area is 83.1 Å². The lowest BCUT2D eigenvalue weighted by atomic mass is 10.2. The minimum atomic E-state index is -0.126. The third kappa shape index (κ3) is 3.96. The van der Waals surface area contributed by atoms with Gasteiger partial charge < -0.3 is 10.0 Å². The van der Waals surface area contributed by atoms with Gasteiger partial charge in [-0.05, 0) is 5.56 Å². The molecular weight excluding hydrogens is 184 g/mol. The number of benzene rings is 1. The van der Waals surface area contributed by atoms with Gasteiger partial charge in [-0.1, -0.05) is 43.1 Å². The largest absolute Gasteiger partial charge is 0.304 e. The van der Waals surface area contributed by atoms with E-state index < -0.39 is 0 Å².